The predicted octanol–water partition coefficient (Wildman–Crippen LogP) is 1.64. The molecule has 0 radical (unpaired) electrons. The molecule has 0 aliphatic carbocycles. The summed E-state index contributed by atoms with van der Waals surface area (Å²) in [6, 6.07) is 7.67. The number of carboxylic acid groups (broad SMARTS) is 1. The average Bonchev–Trinajstić information content (AvgIpc) is 3.32. The molecule has 29 heavy (non-hydrogen) atoms. The Morgan fingerprint density at radius 3 is 2.62 bits per heavy atom. The molecule has 2 heterocycles. The van der Waals surface area contributed by atoms with Gasteiger partial charge in [0.1, 0.15) is 5.84 Å². The summed E-state index contributed by atoms with van der Waals surface area (Å²) < 4.78 is 4.97. The van der Waals surface area contributed by atoms with Gasteiger partial charge in [0, 0.05) is 35.7 Å². The number of amides is 2. The third kappa shape index (κ3) is 4.81. The van der Waals surface area contributed by atoms with Gasteiger partial charge < -0.3 is 25.5 Å². The standard InChI is InChI=1S/C20H22N4O5/c21-19(22)12-1-3-15(4-2-12)24-7-5-13(20(24)28)9-17(25)23-16(10-18(26)27)14-6-8-29-11-14/h1-4,6,8,11,13,16H,5,7,9-10H2,(H3,21,22)(H,23,25)(H,26,27)/t13?,16-/m0/s1. The molecule has 1 saturated heterocycles. The van der Waals surface area contributed by atoms with E-state index in [1.165, 1.54) is 12.5 Å². The first-order valence-corrected chi connectivity index (χ1v) is 9.14. The summed E-state index contributed by atoms with van der Waals surface area (Å²) in [5.74, 6) is -2.11. The lowest BCUT2D eigenvalue weighted by atomic mass is 10.0. The molecule has 0 bridgehead atoms. The van der Waals surface area contributed by atoms with Crippen molar-refractivity contribution >= 4 is 29.3 Å². The second-order valence-corrected chi connectivity index (χ2v) is 6.91. The fourth-order valence-electron chi connectivity index (χ4n) is 3.38. The smallest absolute Gasteiger partial charge is 0.305 e. The number of nitrogens with one attached hydrogen (secondary N) is 2. The minimum absolute atomic E-state index is 0.0190. The van der Waals surface area contributed by atoms with Crippen molar-refractivity contribution in [3.63, 3.8) is 0 Å². The summed E-state index contributed by atoms with van der Waals surface area (Å²) in [6.07, 6.45) is 3.02. The van der Waals surface area contributed by atoms with Crippen LogP contribution in [-0.2, 0) is 14.4 Å². The van der Waals surface area contributed by atoms with Gasteiger partial charge in [-0.3, -0.25) is 19.8 Å². The molecule has 2 amide bonds. The number of hydrogen-bond acceptors (Lipinski definition) is 5. The summed E-state index contributed by atoms with van der Waals surface area (Å²) in [6.45, 7) is 0.483. The number of nitrogens with zero attached hydrogens (tertiary/aromatic N) is 1. The number of amidine groups is 1. The summed E-state index contributed by atoms with van der Waals surface area (Å²) in [5.41, 5.74) is 7.26. The Bertz CT molecular complexity index is 907. The van der Waals surface area contributed by atoms with Crippen molar-refractivity contribution in [2.75, 3.05) is 11.4 Å². The minimum Gasteiger partial charge on any atom is -0.481 e. The maximum absolute atomic E-state index is 12.7. The van der Waals surface area contributed by atoms with E-state index >= 15 is 0 Å². The van der Waals surface area contributed by atoms with Crippen LogP contribution in [0.5, 0.6) is 0 Å². The molecular formula is C20H22N4O5. The highest BCUT2D eigenvalue weighted by Gasteiger charge is 2.34. The average molecular weight is 398 g/mol. The third-order valence-corrected chi connectivity index (χ3v) is 4.90. The van der Waals surface area contributed by atoms with Gasteiger partial charge in [-0.25, -0.2) is 0 Å². The van der Waals surface area contributed by atoms with Gasteiger partial charge in [-0.2, -0.15) is 0 Å². The van der Waals surface area contributed by atoms with E-state index in [4.69, 9.17) is 20.7 Å². The first kappa shape index (κ1) is 20.1. The van der Waals surface area contributed by atoms with Crippen LogP contribution >= 0.6 is 0 Å². The second kappa shape index (κ2) is 8.59. The molecule has 1 aliphatic heterocycles. The number of rotatable bonds is 8. The van der Waals surface area contributed by atoms with Crippen LogP contribution in [0.25, 0.3) is 0 Å². The minimum atomic E-state index is -1.05. The number of carboxylic acids is 1. The molecule has 1 aliphatic rings. The van der Waals surface area contributed by atoms with Crippen LogP contribution in [-0.4, -0.2) is 35.3 Å². The third-order valence-electron chi connectivity index (χ3n) is 4.90. The highest BCUT2D eigenvalue weighted by atomic mass is 16.4. The van der Waals surface area contributed by atoms with Gasteiger partial charge in [-0.15, -0.1) is 0 Å². The Kier molecular flexibility index (Phi) is 5.96. The fourth-order valence-corrected chi connectivity index (χ4v) is 3.38. The molecule has 2 aromatic rings. The summed E-state index contributed by atoms with van der Waals surface area (Å²) in [4.78, 5) is 37.9. The number of nitrogens with two attached hydrogens (primary N) is 1. The zero-order valence-corrected chi connectivity index (χ0v) is 15.6. The summed E-state index contributed by atoms with van der Waals surface area (Å²) in [5, 5.41) is 19.2. The maximum Gasteiger partial charge on any atom is 0.305 e. The Labute approximate surface area is 167 Å². The Balaban J connectivity index is 1.61. The van der Waals surface area contributed by atoms with Crippen LogP contribution in [0.1, 0.15) is 36.4 Å². The first-order valence-electron chi connectivity index (χ1n) is 9.14. The first-order chi connectivity index (χ1) is 13.8. The quantitative estimate of drug-likeness (QED) is 0.392. The number of benzene rings is 1. The van der Waals surface area contributed by atoms with E-state index in [9.17, 15) is 14.4 Å². The van der Waals surface area contributed by atoms with Gasteiger partial charge in [0.25, 0.3) is 0 Å². The molecule has 1 fully saturated rings. The van der Waals surface area contributed by atoms with Crippen molar-refractivity contribution < 1.29 is 23.9 Å². The number of nitrogen functional groups attached to an aromatic ring is 1. The lowest BCUT2D eigenvalue weighted by Gasteiger charge is -2.18. The second-order valence-electron chi connectivity index (χ2n) is 6.91. The molecule has 9 nitrogen and oxygen atoms in total. The molecule has 152 valence electrons. The normalized spacial score (nSPS) is 17.2. The monoisotopic (exact) mass is 398 g/mol. The fraction of sp³-hybridized carbons (Fsp3) is 0.300. The number of furan rings is 1. The molecule has 0 saturated carbocycles. The molecule has 1 aromatic carbocycles. The van der Waals surface area contributed by atoms with E-state index in [0.29, 0.717) is 29.8 Å². The Morgan fingerprint density at radius 1 is 1.31 bits per heavy atom. The van der Waals surface area contributed by atoms with Crippen LogP contribution < -0.4 is 16.0 Å². The number of hydrogen-bond donors (Lipinski definition) is 4. The largest absolute Gasteiger partial charge is 0.481 e. The number of carbonyl (C=O) groups excluding carboxylic acids is 2. The van der Waals surface area contributed by atoms with Crippen LogP contribution in [0.2, 0.25) is 0 Å². The summed E-state index contributed by atoms with van der Waals surface area (Å²) in [7, 11) is 0. The van der Waals surface area contributed by atoms with Crippen molar-refractivity contribution in [1.29, 1.82) is 5.41 Å². The van der Waals surface area contributed by atoms with Gasteiger partial charge in [-0.1, -0.05) is 0 Å². The van der Waals surface area contributed by atoms with Gasteiger partial charge in [-0.05, 0) is 36.8 Å². The van der Waals surface area contributed by atoms with E-state index in [-0.39, 0.29) is 30.5 Å². The van der Waals surface area contributed by atoms with Gasteiger partial charge in [0.05, 0.1) is 25.0 Å². The molecule has 9 heteroatoms. The van der Waals surface area contributed by atoms with Crippen LogP contribution in [0.15, 0.2) is 47.3 Å². The SMILES string of the molecule is N=C(N)c1ccc(N2CCC(CC(=O)N[C@@H](CC(=O)O)c3ccoc3)C2=O)cc1. The molecule has 0 spiro atoms. The number of carbonyl (C=O) groups is 3. The zero-order chi connectivity index (χ0) is 21.0. The van der Waals surface area contributed by atoms with E-state index in [2.05, 4.69) is 5.32 Å². The molecule has 2 atom stereocenters. The lowest BCUT2D eigenvalue weighted by Crippen LogP contribution is -2.33. The summed E-state index contributed by atoms with van der Waals surface area (Å²) >= 11 is 0. The molecule has 1 unspecified atom stereocenters. The topological polar surface area (TPSA) is 150 Å². The molecule has 5 N–H and O–H groups in total. The molecule has 1 aromatic heterocycles. The zero-order valence-electron chi connectivity index (χ0n) is 15.6. The molecular weight excluding hydrogens is 376 g/mol. The van der Waals surface area contributed by atoms with Crippen molar-refractivity contribution in [2.45, 2.75) is 25.3 Å². The van der Waals surface area contributed by atoms with Crippen molar-refractivity contribution in [2.24, 2.45) is 11.7 Å². The van der Waals surface area contributed by atoms with Crippen LogP contribution in [0.3, 0.4) is 0 Å². The van der Waals surface area contributed by atoms with Gasteiger partial charge >= 0.3 is 5.97 Å². The van der Waals surface area contributed by atoms with E-state index < -0.39 is 17.9 Å². The predicted molar refractivity (Wildman–Crippen MR) is 104 cm³/mol. The van der Waals surface area contributed by atoms with E-state index in [1.807, 2.05) is 0 Å². The highest BCUT2D eigenvalue weighted by Crippen LogP contribution is 2.28. The van der Waals surface area contributed by atoms with E-state index in [1.54, 1.807) is 35.2 Å². The van der Waals surface area contributed by atoms with Crippen LogP contribution in [0.4, 0.5) is 5.69 Å². The van der Waals surface area contributed by atoms with Crippen LogP contribution in [0, 0.1) is 11.3 Å². The van der Waals surface area contributed by atoms with Gasteiger partial charge in [0.15, 0.2) is 0 Å². The number of aliphatic carboxylic acids is 1. The van der Waals surface area contributed by atoms with Gasteiger partial charge in [0.2, 0.25) is 11.8 Å². The molecule has 3 rings (SSSR count). The van der Waals surface area contributed by atoms with Crippen molar-refractivity contribution in [1.82, 2.24) is 5.32 Å². The highest BCUT2D eigenvalue weighted by molar-refractivity contribution is 6.00. The Morgan fingerprint density at radius 2 is 2.03 bits per heavy atom. The lowest BCUT2D eigenvalue weighted by molar-refractivity contribution is -0.138. The van der Waals surface area contributed by atoms with E-state index in [0.717, 1.165) is 0 Å². The van der Waals surface area contributed by atoms with Crippen molar-refractivity contribution in [3.05, 3.63) is 54.0 Å². The number of anilines is 1. The Hall–Kier alpha value is -3.62. The van der Waals surface area contributed by atoms with Crippen molar-refractivity contribution in [3.8, 4) is 0 Å². The maximum atomic E-state index is 12.7.